The van der Waals surface area contributed by atoms with Crippen molar-refractivity contribution in [1.29, 1.82) is 0 Å². The number of hydrogen-bond donors (Lipinski definition) is 0. The van der Waals surface area contributed by atoms with Gasteiger partial charge in [-0.25, -0.2) is 4.68 Å². The monoisotopic (exact) mass is 419 g/mol. The minimum atomic E-state index is 0.0513. The van der Waals surface area contributed by atoms with Crippen molar-refractivity contribution < 1.29 is 14.3 Å². The molecule has 0 bridgehead atoms. The van der Waals surface area contributed by atoms with Crippen molar-refractivity contribution in [2.45, 2.75) is 39.4 Å². The summed E-state index contributed by atoms with van der Waals surface area (Å²) < 4.78 is 14.6. The average Bonchev–Trinajstić information content (AvgIpc) is 3.36. The molecule has 0 radical (unpaired) electrons. The first-order valence-electron chi connectivity index (χ1n) is 10.7. The van der Waals surface area contributed by atoms with E-state index in [-0.39, 0.29) is 18.3 Å². The van der Waals surface area contributed by atoms with Crippen molar-refractivity contribution >= 4 is 5.91 Å². The standard InChI is InChI=1S/C24H25N3O4/c1-2-26-20-15-25(23(28)13-18-8-9-21-22(12-18)31-16-30-21)11-10-19(20)24(29)27(26)14-17-6-4-3-5-7-17/h3-9,12H,2,10-11,13-16H2,1H3. The lowest BCUT2D eigenvalue weighted by Crippen LogP contribution is -2.38. The van der Waals surface area contributed by atoms with Crippen LogP contribution in [0.3, 0.4) is 0 Å². The fraction of sp³-hybridized carbons (Fsp3) is 0.333. The predicted octanol–water partition coefficient (Wildman–Crippen LogP) is 2.57. The van der Waals surface area contributed by atoms with Gasteiger partial charge in [0.15, 0.2) is 11.5 Å². The van der Waals surface area contributed by atoms with Crippen molar-refractivity contribution in [3.05, 3.63) is 81.3 Å². The number of nitrogens with zero attached hydrogens (tertiary/aromatic N) is 3. The third-order valence-corrected chi connectivity index (χ3v) is 6.04. The van der Waals surface area contributed by atoms with Crippen LogP contribution >= 0.6 is 0 Å². The number of fused-ring (bicyclic) bond motifs is 2. The van der Waals surface area contributed by atoms with Gasteiger partial charge < -0.3 is 14.4 Å². The van der Waals surface area contributed by atoms with Crippen molar-refractivity contribution in [1.82, 2.24) is 14.3 Å². The lowest BCUT2D eigenvalue weighted by Gasteiger charge is -2.28. The summed E-state index contributed by atoms with van der Waals surface area (Å²) in [4.78, 5) is 28.0. The van der Waals surface area contributed by atoms with E-state index in [0.29, 0.717) is 50.5 Å². The number of aromatic nitrogens is 2. The van der Waals surface area contributed by atoms with Crippen LogP contribution in [0, 0.1) is 0 Å². The van der Waals surface area contributed by atoms with Crippen LogP contribution in [0.5, 0.6) is 11.5 Å². The highest BCUT2D eigenvalue weighted by Gasteiger charge is 2.28. The van der Waals surface area contributed by atoms with Gasteiger partial charge in [0.25, 0.3) is 5.56 Å². The van der Waals surface area contributed by atoms with Gasteiger partial charge in [-0.1, -0.05) is 36.4 Å². The number of carbonyl (C=O) groups excluding carboxylic acids is 1. The summed E-state index contributed by atoms with van der Waals surface area (Å²) in [6.45, 7) is 4.49. The molecule has 2 aliphatic heterocycles. The molecule has 0 unspecified atom stereocenters. The number of rotatable bonds is 5. The molecule has 7 nitrogen and oxygen atoms in total. The lowest BCUT2D eigenvalue weighted by atomic mass is 10.1. The SMILES string of the molecule is CCn1c2c(c(=O)n1Cc1ccccc1)CCN(C(=O)Cc1ccc3c(c1)OCO3)C2. The van der Waals surface area contributed by atoms with Gasteiger partial charge in [-0.05, 0) is 36.6 Å². The molecule has 160 valence electrons. The van der Waals surface area contributed by atoms with Crippen LogP contribution in [0.1, 0.15) is 29.3 Å². The van der Waals surface area contributed by atoms with E-state index in [1.165, 1.54) is 0 Å². The Morgan fingerprint density at radius 3 is 2.61 bits per heavy atom. The van der Waals surface area contributed by atoms with E-state index < -0.39 is 0 Å². The summed E-state index contributed by atoms with van der Waals surface area (Å²) in [5.41, 5.74) is 3.83. The van der Waals surface area contributed by atoms with E-state index in [4.69, 9.17) is 9.47 Å². The molecule has 31 heavy (non-hydrogen) atoms. The molecule has 0 atom stereocenters. The molecule has 7 heteroatoms. The summed E-state index contributed by atoms with van der Waals surface area (Å²) in [5.74, 6) is 1.45. The van der Waals surface area contributed by atoms with Crippen LogP contribution in [0.4, 0.5) is 0 Å². The number of ether oxygens (including phenoxy) is 2. The van der Waals surface area contributed by atoms with Crippen LogP contribution in [0.2, 0.25) is 0 Å². The van der Waals surface area contributed by atoms with E-state index in [1.807, 2.05) is 69.7 Å². The van der Waals surface area contributed by atoms with Crippen LogP contribution in [-0.4, -0.2) is 33.5 Å². The van der Waals surface area contributed by atoms with Gasteiger partial charge in [0, 0.05) is 18.7 Å². The number of amides is 1. The Morgan fingerprint density at radius 1 is 1.00 bits per heavy atom. The number of carbonyl (C=O) groups is 1. The molecule has 0 aliphatic carbocycles. The first-order chi connectivity index (χ1) is 15.1. The lowest BCUT2D eigenvalue weighted by molar-refractivity contribution is -0.131. The molecule has 0 N–H and O–H groups in total. The molecule has 3 heterocycles. The molecule has 2 aromatic carbocycles. The molecule has 5 rings (SSSR count). The third kappa shape index (κ3) is 3.60. The van der Waals surface area contributed by atoms with Crippen molar-refractivity contribution in [2.75, 3.05) is 13.3 Å². The Labute approximate surface area is 180 Å². The summed E-state index contributed by atoms with van der Waals surface area (Å²) >= 11 is 0. The second-order valence-corrected chi connectivity index (χ2v) is 7.92. The van der Waals surface area contributed by atoms with Gasteiger partial charge in [0.1, 0.15) is 0 Å². The maximum atomic E-state index is 13.1. The molecule has 1 amide bonds. The van der Waals surface area contributed by atoms with E-state index in [1.54, 1.807) is 0 Å². The highest BCUT2D eigenvalue weighted by atomic mass is 16.7. The molecular weight excluding hydrogens is 394 g/mol. The van der Waals surface area contributed by atoms with Crippen LogP contribution in [0.15, 0.2) is 53.3 Å². The average molecular weight is 419 g/mol. The second kappa shape index (κ2) is 7.98. The van der Waals surface area contributed by atoms with Crippen LogP contribution in [0.25, 0.3) is 0 Å². The first-order valence-corrected chi connectivity index (χ1v) is 10.7. The molecular formula is C24H25N3O4. The molecule has 0 fully saturated rings. The maximum Gasteiger partial charge on any atom is 0.270 e. The number of benzene rings is 2. The van der Waals surface area contributed by atoms with E-state index in [2.05, 4.69) is 0 Å². The summed E-state index contributed by atoms with van der Waals surface area (Å²) in [6, 6.07) is 15.6. The molecule has 0 saturated heterocycles. The molecule has 0 saturated carbocycles. The largest absolute Gasteiger partial charge is 0.454 e. The predicted molar refractivity (Wildman–Crippen MR) is 115 cm³/mol. The normalized spacial score (nSPS) is 14.5. The zero-order valence-corrected chi connectivity index (χ0v) is 17.5. The minimum Gasteiger partial charge on any atom is -0.454 e. The highest BCUT2D eigenvalue weighted by Crippen LogP contribution is 2.32. The van der Waals surface area contributed by atoms with E-state index >= 15 is 0 Å². The van der Waals surface area contributed by atoms with Crippen molar-refractivity contribution in [3.63, 3.8) is 0 Å². The Hall–Kier alpha value is -3.48. The first kappa shape index (κ1) is 19.5. The Kier molecular flexibility index (Phi) is 5.02. The fourth-order valence-corrected chi connectivity index (χ4v) is 4.45. The highest BCUT2D eigenvalue weighted by molar-refractivity contribution is 5.79. The second-order valence-electron chi connectivity index (χ2n) is 7.92. The Morgan fingerprint density at radius 2 is 1.81 bits per heavy atom. The molecule has 3 aromatic rings. The van der Waals surface area contributed by atoms with Crippen LogP contribution < -0.4 is 15.0 Å². The quantitative estimate of drug-likeness (QED) is 0.638. The molecule has 2 aliphatic rings. The van der Waals surface area contributed by atoms with Gasteiger partial charge in [-0.3, -0.25) is 14.3 Å². The summed E-state index contributed by atoms with van der Waals surface area (Å²) in [6.07, 6.45) is 0.885. The minimum absolute atomic E-state index is 0.0513. The smallest absolute Gasteiger partial charge is 0.270 e. The fourth-order valence-electron chi connectivity index (χ4n) is 4.45. The summed E-state index contributed by atoms with van der Waals surface area (Å²) in [7, 11) is 0. The van der Waals surface area contributed by atoms with Crippen molar-refractivity contribution in [3.8, 4) is 11.5 Å². The van der Waals surface area contributed by atoms with Gasteiger partial charge >= 0.3 is 0 Å². The maximum absolute atomic E-state index is 13.1. The van der Waals surface area contributed by atoms with E-state index in [9.17, 15) is 9.59 Å². The topological polar surface area (TPSA) is 65.7 Å². The van der Waals surface area contributed by atoms with Crippen LogP contribution in [-0.2, 0) is 37.3 Å². The molecule has 1 aromatic heterocycles. The van der Waals surface area contributed by atoms with Gasteiger partial charge in [-0.15, -0.1) is 0 Å². The summed E-state index contributed by atoms with van der Waals surface area (Å²) in [5, 5.41) is 0. The zero-order valence-electron chi connectivity index (χ0n) is 17.5. The number of hydrogen-bond acceptors (Lipinski definition) is 4. The Bertz CT molecular complexity index is 1180. The van der Waals surface area contributed by atoms with E-state index in [0.717, 1.165) is 22.4 Å². The zero-order chi connectivity index (χ0) is 21.4. The van der Waals surface area contributed by atoms with Gasteiger partial charge in [0.05, 0.1) is 25.2 Å². The van der Waals surface area contributed by atoms with Crippen molar-refractivity contribution in [2.24, 2.45) is 0 Å². The Balaban J connectivity index is 1.36. The van der Waals surface area contributed by atoms with Gasteiger partial charge in [0.2, 0.25) is 12.7 Å². The van der Waals surface area contributed by atoms with Gasteiger partial charge in [-0.2, -0.15) is 0 Å². The molecule has 0 spiro atoms. The third-order valence-electron chi connectivity index (χ3n) is 6.04.